The highest BCUT2D eigenvalue weighted by atomic mass is 19.4. The van der Waals surface area contributed by atoms with E-state index in [1.165, 1.54) is 29.4 Å². The van der Waals surface area contributed by atoms with E-state index < -0.39 is 24.0 Å². The molecule has 2 atom stereocenters. The topological polar surface area (TPSA) is 101 Å². The van der Waals surface area contributed by atoms with Crippen molar-refractivity contribution in [2.45, 2.75) is 64.1 Å². The number of pyridine rings is 1. The summed E-state index contributed by atoms with van der Waals surface area (Å²) < 4.78 is 39.7. The summed E-state index contributed by atoms with van der Waals surface area (Å²) in [5.74, 6) is -2.58. The number of carbonyl (C=O) groups is 2. The molecule has 0 aromatic carbocycles. The third-order valence-electron chi connectivity index (χ3n) is 6.93. The summed E-state index contributed by atoms with van der Waals surface area (Å²) in [6, 6.07) is 2.82. The maximum absolute atomic E-state index is 13.2. The highest BCUT2D eigenvalue weighted by Gasteiger charge is 2.55. The lowest BCUT2D eigenvalue weighted by atomic mass is 9.89. The number of halogens is 3. The Bertz CT molecular complexity index is 1020. The van der Waals surface area contributed by atoms with Gasteiger partial charge in [0.2, 0.25) is 0 Å². The zero-order valence-corrected chi connectivity index (χ0v) is 19.5. The molecule has 35 heavy (non-hydrogen) atoms. The zero-order chi connectivity index (χ0) is 25.0. The van der Waals surface area contributed by atoms with Gasteiger partial charge < -0.3 is 10.0 Å². The molecule has 2 heterocycles. The second-order valence-corrected chi connectivity index (χ2v) is 9.67. The minimum absolute atomic E-state index is 0.115. The van der Waals surface area contributed by atoms with Crippen LogP contribution >= 0.6 is 0 Å². The van der Waals surface area contributed by atoms with Crippen molar-refractivity contribution in [3.05, 3.63) is 41.5 Å². The first-order valence-corrected chi connectivity index (χ1v) is 12.1. The molecule has 8 nitrogen and oxygen atoms in total. The number of alkyl halides is 3. The van der Waals surface area contributed by atoms with E-state index in [1.807, 2.05) is 0 Å². The average molecular weight is 494 g/mol. The van der Waals surface area contributed by atoms with Crippen LogP contribution in [0.15, 0.2) is 24.5 Å². The van der Waals surface area contributed by atoms with Gasteiger partial charge >= 0.3 is 12.1 Å². The predicted octanol–water partition coefficient (Wildman–Crippen LogP) is 4.23. The summed E-state index contributed by atoms with van der Waals surface area (Å²) in [7, 11) is 0. The summed E-state index contributed by atoms with van der Waals surface area (Å²) >= 11 is 0. The number of carboxylic acids is 1. The third kappa shape index (κ3) is 6.79. The fourth-order valence-electron chi connectivity index (χ4n) is 4.87. The van der Waals surface area contributed by atoms with Gasteiger partial charge in [-0.25, -0.2) is 9.78 Å². The Kier molecular flexibility index (Phi) is 7.71. The number of aromatic nitrogens is 4. The summed E-state index contributed by atoms with van der Waals surface area (Å²) in [5.41, 5.74) is 0.920. The minimum Gasteiger partial charge on any atom is -0.477 e. The monoisotopic (exact) mass is 493 g/mol. The normalized spacial score (nSPS) is 20.5. The Balaban J connectivity index is 1.33. The van der Waals surface area contributed by atoms with Crippen molar-refractivity contribution >= 4 is 11.9 Å². The molecule has 0 spiro atoms. The highest BCUT2D eigenvalue weighted by Crippen LogP contribution is 2.50. The van der Waals surface area contributed by atoms with Crippen LogP contribution in [0.25, 0.3) is 0 Å². The molecule has 0 unspecified atom stereocenters. The van der Waals surface area contributed by atoms with Gasteiger partial charge in [-0.15, -0.1) is 5.10 Å². The van der Waals surface area contributed by atoms with Crippen molar-refractivity contribution in [3.8, 4) is 0 Å². The Labute approximate surface area is 201 Å². The quantitative estimate of drug-likeness (QED) is 0.532. The molecular weight excluding hydrogens is 463 g/mol. The number of rotatable bonds is 10. The SMILES string of the molecule is O=C(O)c1ccc(C(=O)N(CCCc2cn(C[C@@H]3C[C@H]3C(F)(F)F)nn2)CC2CCCCC2)cn1. The van der Waals surface area contributed by atoms with E-state index in [9.17, 15) is 22.8 Å². The van der Waals surface area contributed by atoms with Crippen LogP contribution in [0.5, 0.6) is 0 Å². The van der Waals surface area contributed by atoms with Crippen molar-refractivity contribution in [1.29, 1.82) is 0 Å². The first-order chi connectivity index (χ1) is 16.7. The smallest absolute Gasteiger partial charge is 0.392 e. The standard InChI is InChI=1S/C24H30F3N5O3/c25-24(26,27)20-11-18(20)14-32-15-19(29-30-32)7-4-10-31(13-16-5-2-1-3-6-16)22(33)17-8-9-21(23(34)35)28-12-17/h8-9,12,15-16,18,20H,1-7,10-11,13-14H2,(H,34,35)/t18-,20+/m0/s1. The van der Waals surface area contributed by atoms with Crippen LogP contribution in [0, 0.1) is 17.8 Å². The summed E-state index contributed by atoms with van der Waals surface area (Å²) in [5, 5.41) is 17.1. The molecule has 1 amide bonds. The number of aryl methyl sites for hydroxylation is 1. The van der Waals surface area contributed by atoms with Crippen LogP contribution in [0.1, 0.15) is 71.5 Å². The van der Waals surface area contributed by atoms with Crippen LogP contribution < -0.4 is 0 Å². The Morgan fingerprint density at radius 3 is 2.57 bits per heavy atom. The fourth-order valence-corrected chi connectivity index (χ4v) is 4.87. The minimum atomic E-state index is -4.15. The van der Waals surface area contributed by atoms with Gasteiger partial charge in [0.05, 0.1) is 17.2 Å². The number of carboxylic acid groups (broad SMARTS) is 1. The zero-order valence-electron chi connectivity index (χ0n) is 19.5. The van der Waals surface area contributed by atoms with Gasteiger partial charge in [0.1, 0.15) is 5.69 Å². The molecule has 2 aliphatic carbocycles. The van der Waals surface area contributed by atoms with Crippen LogP contribution in [-0.2, 0) is 13.0 Å². The molecule has 0 radical (unpaired) electrons. The van der Waals surface area contributed by atoms with E-state index in [0.717, 1.165) is 25.7 Å². The predicted molar refractivity (Wildman–Crippen MR) is 120 cm³/mol. The Hall–Kier alpha value is -2.98. The largest absolute Gasteiger partial charge is 0.477 e. The van der Waals surface area contributed by atoms with E-state index >= 15 is 0 Å². The maximum Gasteiger partial charge on any atom is 0.392 e. The highest BCUT2D eigenvalue weighted by molar-refractivity contribution is 5.94. The molecule has 4 rings (SSSR count). The van der Waals surface area contributed by atoms with Crippen LogP contribution in [-0.4, -0.2) is 61.1 Å². The maximum atomic E-state index is 13.2. The Morgan fingerprint density at radius 1 is 1.17 bits per heavy atom. The molecule has 0 aliphatic heterocycles. The van der Waals surface area contributed by atoms with E-state index in [0.29, 0.717) is 43.1 Å². The number of amides is 1. The number of hydrogen-bond donors (Lipinski definition) is 1. The average Bonchev–Trinajstić information content (AvgIpc) is 3.48. The summed E-state index contributed by atoms with van der Waals surface area (Å²) in [4.78, 5) is 29.9. The van der Waals surface area contributed by atoms with Gasteiger partial charge in [-0.3, -0.25) is 9.48 Å². The van der Waals surface area contributed by atoms with E-state index in [1.54, 1.807) is 11.1 Å². The second kappa shape index (κ2) is 10.7. The van der Waals surface area contributed by atoms with E-state index in [4.69, 9.17) is 5.11 Å². The molecule has 1 N–H and O–H groups in total. The Morgan fingerprint density at radius 2 is 1.94 bits per heavy atom. The van der Waals surface area contributed by atoms with E-state index in [2.05, 4.69) is 15.3 Å². The molecule has 2 aliphatic rings. The van der Waals surface area contributed by atoms with Crippen LogP contribution in [0.4, 0.5) is 13.2 Å². The summed E-state index contributed by atoms with van der Waals surface area (Å²) in [6.45, 7) is 1.33. The van der Waals surface area contributed by atoms with Gasteiger partial charge in [0, 0.05) is 32.0 Å². The van der Waals surface area contributed by atoms with Gasteiger partial charge in [-0.05, 0) is 56.1 Å². The third-order valence-corrected chi connectivity index (χ3v) is 6.93. The molecule has 2 aromatic heterocycles. The van der Waals surface area contributed by atoms with Gasteiger partial charge in [0.15, 0.2) is 0 Å². The lowest BCUT2D eigenvalue weighted by molar-refractivity contribution is -0.151. The first kappa shape index (κ1) is 25.1. The molecule has 190 valence electrons. The van der Waals surface area contributed by atoms with Crippen molar-refractivity contribution in [2.24, 2.45) is 17.8 Å². The van der Waals surface area contributed by atoms with Crippen molar-refractivity contribution < 1.29 is 27.9 Å². The summed E-state index contributed by atoms with van der Waals surface area (Å²) in [6.07, 6.45) is 5.84. The van der Waals surface area contributed by atoms with Crippen molar-refractivity contribution in [3.63, 3.8) is 0 Å². The fraction of sp³-hybridized carbons (Fsp3) is 0.625. The van der Waals surface area contributed by atoms with Gasteiger partial charge in [-0.2, -0.15) is 13.2 Å². The van der Waals surface area contributed by atoms with Crippen molar-refractivity contribution in [2.75, 3.05) is 13.1 Å². The molecule has 0 saturated heterocycles. The molecule has 2 saturated carbocycles. The lowest BCUT2D eigenvalue weighted by Gasteiger charge is -2.30. The van der Waals surface area contributed by atoms with Crippen LogP contribution in [0.3, 0.4) is 0 Å². The van der Waals surface area contributed by atoms with Gasteiger partial charge in [-0.1, -0.05) is 24.5 Å². The molecule has 11 heteroatoms. The first-order valence-electron chi connectivity index (χ1n) is 12.1. The number of nitrogens with zero attached hydrogens (tertiary/aromatic N) is 5. The molecule has 0 bridgehead atoms. The number of carbonyl (C=O) groups excluding carboxylic acids is 1. The number of hydrogen-bond acceptors (Lipinski definition) is 5. The lowest BCUT2D eigenvalue weighted by Crippen LogP contribution is -2.37. The number of aromatic carboxylic acids is 1. The molecule has 2 fully saturated rings. The second-order valence-electron chi connectivity index (χ2n) is 9.67. The van der Waals surface area contributed by atoms with E-state index in [-0.39, 0.29) is 24.6 Å². The van der Waals surface area contributed by atoms with Gasteiger partial charge in [0.25, 0.3) is 5.91 Å². The molecular formula is C24H30F3N5O3. The van der Waals surface area contributed by atoms with Crippen molar-refractivity contribution in [1.82, 2.24) is 24.9 Å². The molecule has 2 aromatic rings. The van der Waals surface area contributed by atoms with Crippen LogP contribution in [0.2, 0.25) is 0 Å².